The number of dihydropyridines is 1. The van der Waals surface area contributed by atoms with Crippen LogP contribution in [-0.2, 0) is 0 Å². The number of benzene rings is 1. The molecule has 0 amide bonds. The topological polar surface area (TPSA) is 38.1 Å². The summed E-state index contributed by atoms with van der Waals surface area (Å²) in [5.74, 6) is 0. The van der Waals surface area contributed by atoms with E-state index < -0.39 is 0 Å². The van der Waals surface area contributed by atoms with Crippen LogP contribution in [0.15, 0.2) is 71.6 Å². The van der Waals surface area contributed by atoms with E-state index >= 15 is 0 Å². The molecule has 0 bridgehead atoms. The molecule has 1 aliphatic heterocycles. The van der Waals surface area contributed by atoms with Gasteiger partial charge in [0.05, 0.1) is 6.26 Å². The number of nitrogens with one attached hydrogen (secondary N) is 1. The Hall–Kier alpha value is -2.81. The monoisotopic (exact) mass is 274 g/mol. The molecule has 0 unspecified atom stereocenters. The Labute approximate surface area is 122 Å². The van der Waals surface area contributed by atoms with Crippen LogP contribution in [0, 0.1) is 0 Å². The molecular formula is C18H14N2O. The zero-order valence-corrected chi connectivity index (χ0v) is 11.4. The average Bonchev–Trinajstić information content (AvgIpc) is 3.03. The standard InChI is InChI=1S/C18H14N2O/c1-2-16(13-5-9-19-10-6-13)18(20-8-1)15-3-4-17-14(12-15)7-11-21-17/h1-7,9-12,20H,8H2. The summed E-state index contributed by atoms with van der Waals surface area (Å²) in [4.78, 5) is 4.09. The normalized spacial score (nSPS) is 14.5. The summed E-state index contributed by atoms with van der Waals surface area (Å²) in [5.41, 5.74) is 5.57. The third-order valence-electron chi connectivity index (χ3n) is 3.68. The minimum Gasteiger partial charge on any atom is -0.464 e. The van der Waals surface area contributed by atoms with Gasteiger partial charge in [0.2, 0.25) is 0 Å². The van der Waals surface area contributed by atoms with E-state index in [1.54, 1.807) is 6.26 Å². The van der Waals surface area contributed by atoms with Crippen LogP contribution in [0.5, 0.6) is 0 Å². The molecule has 4 rings (SSSR count). The SMILES string of the molecule is C1=CC(c2ccncc2)=C(c2ccc3occc3c2)NC1. The van der Waals surface area contributed by atoms with Gasteiger partial charge in [0, 0.05) is 35.6 Å². The van der Waals surface area contributed by atoms with Crippen molar-refractivity contribution in [3.8, 4) is 0 Å². The van der Waals surface area contributed by atoms with Gasteiger partial charge in [-0.2, -0.15) is 0 Å². The van der Waals surface area contributed by atoms with Gasteiger partial charge >= 0.3 is 0 Å². The first-order valence-corrected chi connectivity index (χ1v) is 6.94. The van der Waals surface area contributed by atoms with Crippen molar-refractivity contribution < 1.29 is 4.42 Å². The molecule has 0 fully saturated rings. The van der Waals surface area contributed by atoms with Crippen molar-refractivity contribution in [3.63, 3.8) is 0 Å². The van der Waals surface area contributed by atoms with Gasteiger partial charge in [0.25, 0.3) is 0 Å². The van der Waals surface area contributed by atoms with Crippen LogP contribution in [0.4, 0.5) is 0 Å². The largest absolute Gasteiger partial charge is 0.464 e. The quantitative estimate of drug-likeness (QED) is 0.771. The van der Waals surface area contributed by atoms with Crippen molar-refractivity contribution in [2.75, 3.05) is 6.54 Å². The summed E-state index contributed by atoms with van der Waals surface area (Å²) in [7, 11) is 0. The van der Waals surface area contributed by atoms with E-state index in [1.165, 1.54) is 11.1 Å². The van der Waals surface area contributed by atoms with Gasteiger partial charge < -0.3 is 9.73 Å². The first-order chi connectivity index (χ1) is 10.4. The Morgan fingerprint density at radius 1 is 1.00 bits per heavy atom. The van der Waals surface area contributed by atoms with Crippen molar-refractivity contribution in [2.24, 2.45) is 0 Å². The van der Waals surface area contributed by atoms with Crippen molar-refractivity contribution in [1.82, 2.24) is 10.3 Å². The molecule has 3 aromatic rings. The first-order valence-electron chi connectivity index (χ1n) is 6.94. The Morgan fingerprint density at radius 3 is 2.81 bits per heavy atom. The molecule has 0 atom stereocenters. The van der Waals surface area contributed by atoms with Crippen LogP contribution in [0.25, 0.3) is 22.2 Å². The minimum atomic E-state index is 0.841. The molecule has 1 N–H and O–H groups in total. The number of hydrogen-bond acceptors (Lipinski definition) is 3. The molecule has 2 aromatic heterocycles. The third kappa shape index (κ3) is 2.13. The number of allylic oxidation sites excluding steroid dienone is 2. The fraction of sp³-hybridized carbons (Fsp3) is 0.0556. The number of nitrogens with zero attached hydrogens (tertiary/aromatic N) is 1. The second kappa shape index (κ2) is 4.94. The van der Waals surface area contributed by atoms with E-state index in [0.29, 0.717) is 0 Å². The molecule has 0 saturated heterocycles. The Morgan fingerprint density at radius 2 is 1.90 bits per heavy atom. The molecule has 1 aromatic carbocycles. The molecule has 0 saturated carbocycles. The van der Waals surface area contributed by atoms with Crippen LogP contribution in [-0.4, -0.2) is 11.5 Å². The molecule has 3 nitrogen and oxygen atoms in total. The highest BCUT2D eigenvalue weighted by atomic mass is 16.3. The van der Waals surface area contributed by atoms with Crippen LogP contribution in [0.2, 0.25) is 0 Å². The van der Waals surface area contributed by atoms with E-state index in [4.69, 9.17) is 4.42 Å². The molecule has 102 valence electrons. The van der Waals surface area contributed by atoms with Crippen molar-refractivity contribution in [3.05, 3.63) is 78.3 Å². The summed E-state index contributed by atoms with van der Waals surface area (Å²) in [6, 6.07) is 12.3. The van der Waals surface area contributed by atoms with Crippen LogP contribution < -0.4 is 5.32 Å². The first kappa shape index (κ1) is 12.0. The zero-order valence-electron chi connectivity index (χ0n) is 11.4. The highest BCUT2D eigenvalue weighted by Crippen LogP contribution is 2.29. The van der Waals surface area contributed by atoms with Crippen LogP contribution >= 0.6 is 0 Å². The van der Waals surface area contributed by atoms with Gasteiger partial charge in [0.1, 0.15) is 5.58 Å². The lowest BCUT2D eigenvalue weighted by molar-refractivity contribution is 0.616. The van der Waals surface area contributed by atoms with E-state index in [-0.39, 0.29) is 0 Å². The van der Waals surface area contributed by atoms with Gasteiger partial charge in [-0.3, -0.25) is 4.98 Å². The van der Waals surface area contributed by atoms with Crippen molar-refractivity contribution >= 4 is 22.2 Å². The average molecular weight is 274 g/mol. The van der Waals surface area contributed by atoms with Gasteiger partial charge in [-0.1, -0.05) is 12.2 Å². The Balaban J connectivity index is 1.90. The van der Waals surface area contributed by atoms with E-state index in [9.17, 15) is 0 Å². The van der Waals surface area contributed by atoms with Crippen LogP contribution in [0.1, 0.15) is 11.1 Å². The molecule has 3 heterocycles. The maximum Gasteiger partial charge on any atom is 0.133 e. The molecule has 1 aliphatic rings. The Bertz CT molecular complexity index is 844. The number of pyridine rings is 1. The summed E-state index contributed by atoms with van der Waals surface area (Å²) in [6.45, 7) is 0.841. The molecule has 3 heteroatoms. The number of fused-ring (bicyclic) bond motifs is 1. The Kier molecular flexibility index (Phi) is 2.82. The summed E-state index contributed by atoms with van der Waals surface area (Å²) < 4.78 is 5.41. The molecule has 0 radical (unpaired) electrons. The molecular weight excluding hydrogens is 260 g/mol. The molecule has 0 spiro atoms. The fourth-order valence-electron chi connectivity index (χ4n) is 2.67. The minimum absolute atomic E-state index is 0.841. The summed E-state index contributed by atoms with van der Waals surface area (Å²) in [5, 5.41) is 4.60. The predicted octanol–water partition coefficient (Wildman–Crippen LogP) is 3.86. The fourth-order valence-corrected chi connectivity index (χ4v) is 2.67. The molecule has 21 heavy (non-hydrogen) atoms. The van der Waals surface area contributed by atoms with Crippen molar-refractivity contribution in [2.45, 2.75) is 0 Å². The maximum atomic E-state index is 5.41. The van der Waals surface area contributed by atoms with Gasteiger partial charge in [-0.15, -0.1) is 0 Å². The lowest BCUT2D eigenvalue weighted by Gasteiger charge is -2.18. The lowest BCUT2D eigenvalue weighted by Crippen LogP contribution is -2.16. The number of rotatable bonds is 2. The van der Waals surface area contributed by atoms with E-state index in [1.807, 2.05) is 36.7 Å². The highest BCUT2D eigenvalue weighted by molar-refractivity contribution is 5.97. The summed E-state index contributed by atoms with van der Waals surface area (Å²) >= 11 is 0. The summed E-state index contributed by atoms with van der Waals surface area (Å²) in [6.07, 6.45) is 9.67. The number of hydrogen-bond donors (Lipinski definition) is 1. The van der Waals surface area contributed by atoms with Gasteiger partial charge in [-0.05, 0) is 47.5 Å². The number of aromatic nitrogens is 1. The lowest BCUT2D eigenvalue weighted by atomic mass is 9.97. The number of furan rings is 1. The van der Waals surface area contributed by atoms with Crippen molar-refractivity contribution in [1.29, 1.82) is 0 Å². The molecule has 0 aliphatic carbocycles. The highest BCUT2D eigenvalue weighted by Gasteiger charge is 2.12. The smallest absolute Gasteiger partial charge is 0.133 e. The van der Waals surface area contributed by atoms with Gasteiger partial charge in [0.15, 0.2) is 0 Å². The predicted molar refractivity (Wildman–Crippen MR) is 84.4 cm³/mol. The van der Waals surface area contributed by atoms with Gasteiger partial charge in [-0.25, -0.2) is 0 Å². The maximum absolute atomic E-state index is 5.41. The second-order valence-corrected chi connectivity index (χ2v) is 4.98. The zero-order chi connectivity index (χ0) is 14.1. The van der Waals surface area contributed by atoms with E-state index in [2.05, 4.69) is 34.6 Å². The van der Waals surface area contributed by atoms with E-state index in [0.717, 1.165) is 28.8 Å². The second-order valence-electron chi connectivity index (χ2n) is 4.98. The van der Waals surface area contributed by atoms with Crippen LogP contribution in [0.3, 0.4) is 0 Å². The third-order valence-corrected chi connectivity index (χ3v) is 3.68.